The Morgan fingerprint density at radius 1 is 1.27 bits per heavy atom. The van der Waals surface area contributed by atoms with Crippen molar-refractivity contribution in [3.8, 4) is 0 Å². The molecule has 0 fully saturated rings. The Morgan fingerprint density at radius 2 is 2.00 bits per heavy atom. The Balaban J connectivity index is 0.000000325. The molecule has 8 nitrogen and oxygen atoms in total. The van der Waals surface area contributed by atoms with E-state index in [1.807, 2.05) is 24.5 Å². The van der Waals surface area contributed by atoms with E-state index in [-0.39, 0.29) is 18.1 Å². The van der Waals surface area contributed by atoms with Crippen LogP contribution in [0.15, 0.2) is 60.1 Å². The van der Waals surface area contributed by atoms with Crippen LogP contribution in [0, 0.1) is 0 Å². The average Bonchev–Trinajstić information content (AvgIpc) is 3.41. The van der Waals surface area contributed by atoms with Gasteiger partial charge in [0.15, 0.2) is 0 Å². The van der Waals surface area contributed by atoms with E-state index >= 15 is 0 Å². The van der Waals surface area contributed by atoms with Crippen molar-refractivity contribution in [2.75, 3.05) is 7.11 Å². The monoisotopic (exact) mass is 480 g/mol. The number of benzene rings is 1. The quantitative estimate of drug-likeness (QED) is 0.383. The van der Waals surface area contributed by atoms with Gasteiger partial charge in [0.05, 0.1) is 31.0 Å². The van der Waals surface area contributed by atoms with Crippen molar-refractivity contribution < 1.29 is 32.6 Å². The van der Waals surface area contributed by atoms with E-state index in [9.17, 15) is 18.0 Å². The molecule has 1 aromatic heterocycles. The predicted octanol–water partition coefficient (Wildman–Crippen LogP) is 3.29. The van der Waals surface area contributed by atoms with Crippen molar-refractivity contribution in [2.45, 2.75) is 24.7 Å². The minimum atomic E-state index is -5.08. The smallest absolute Gasteiger partial charge is 0.475 e. The van der Waals surface area contributed by atoms with Gasteiger partial charge in [0, 0.05) is 35.4 Å². The molecule has 1 aromatic carbocycles. The van der Waals surface area contributed by atoms with E-state index in [4.69, 9.17) is 14.6 Å². The summed E-state index contributed by atoms with van der Waals surface area (Å²) in [6.45, 7) is 0. The van der Waals surface area contributed by atoms with Crippen LogP contribution in [0.3, 0.4) is 0 Å². The Kier molecular flexibility index (Phi) is 6.13. The van der Waals surface area contributed by atoms with E-state index in [1.165, 1.54) is 30.2 Å². The lowest BCUT2D eigenvalue weighted by atomic mass is 9.89. The summed E-state index contributed by atoms with van der Waals surface area (Å²) in [6.07, 6.45) is 3.77. The third kappa shape index (κ3) is 4.57. The summed E-state index contributed by atoms with van der Waals surface area (Å²) in [5, 5.41) is 11.8. The second-order valence-electron chi connectivity index (χ2n) is 7.31. The Hall–Kier alpha value is -3.38. The summed E-state index contributed by atoms with van der Waals surface area (Å²) in [6, 6.07) is 7.77. The van der Waals surface area contributed by atoms with Crippen molar-refractivity contribution in [3.63, 3.8) is 0 Å². The van der Waals surface area contributed by atoms with Crippen LogP contribution in [-0.2, 0) is 20.7 Å². The molecule has 0 radical (unpaired) electrons. The van der Waals surface area contributed by atoms with Crippen molar-refractivity contribution >= 4 is 35.0 Å². The molecular weight excluding hydrogens is 461 g/mol. The first-order chi connectivity index (χ1) is 15.7. The zero-order chi connectivity index (χ0) is 23.8. The van der Waals surface area contributed by atoms with Crippen molar-refractivity contribution in [1.82, 2.24) is 19.3 Å². The zero-order valence-corrected chi connectivity index (χ0v) is 18.0. The maximum Gasteiger partial charge on any atom is 0.490 e. The molecule has 0 saturated heterocycles. The molecule has 33 heavy (non-hydrogen) atoms. The number of aromatic nitrogens is 1. The number of nitrogens with zero attached hydrogens (tertiary/aromatic N) is 1. The van der Waals surface area contributed by atoms with E-state index in [1.54, 1.807) is 0 Å². The fourth-order valence-corrected chi connectivity index (χ4v) is 4.44. The van der Waals surface area contributed by atoms with Gasteiger partial charge < -0.3 is 19.5 Å². The third-order valence-corrected chi connectivity index (χ3v) is 6.05. The van der Waals surface area contributed by atoms with Gasteiger partial charge in [-0.3, -0.25) is 14.4 Å². The number of aromatic amines is 1. The van der Waals surface area contributed by atoms with Gasteiger partial charge in [-0.1, -0.05) is 18.2 Å². The van der Waals surface area contributed by atoms with Gasteiger partial charge in [-0.25, -0.2) is 4.79 Å². The first-order valence-corrected chi connectivity index (χ1v) is 10.5. The van der Waals surface area contributed by atoms with Crippen molar-refractivity contribution in [2.24, 2.45) is 0 Å². The molecule has 4 N–H and O–H groups in total. The van der Waals surface area contributed by atoms with Crippen LogP contribution in [0.2, 0.25) is 0 Å². The number of esters is 1. The second kappa shape index (κ2) is 8.87. The molecule has 0 saturated carbocycles. The second-order valence-corrected chi connectivity index (χ2v) is 8.12. The number of fused-ring (bicyclic) bond motifs is 4. The molecule has 12 heteroatoms. The maximum atomic E-state index is 12.3. The normalized spacial score (nSPS) is 21.2. The first-order valence-electron chi connectivity index (χ1n) is 9.74. The van der Waals surface area contributed by atoms with Crippen LogP contribution in [-0.4, -0.2) is 45.7 Å². The third-order valence-electron chi connectivity index (χ3n) is 5.30. The zero-order valence-electron chi connectivity index (χ0n) is 17.1. The number of methoxy groups -OCH3 is 1. The van der Waals surface area contributed by atoms with Crippen LogP contribution < -0.4 is 10.0 Å². The SMILES string of the molecule is COC(=O)[C@H]1Cc2c([nH]c3ccccc23)[C@@H](C2=CC3=CNSN3C=C2)N1.O=C(O)C(F)(F)F. The number of carboxylic acids is 1. The average molecular weight is 480 g/mol. The fraction of sp³-hybridized carbons (Fsp3) is 0.238. The largest absolute Gasteiger partial charge is 0.490 e. The summed E-state index contributed by atoms with van der Waals surface area (Å²) in [5.74, 6) is -2.99. The number of carbonyl (C=O) groups is 2. The van der Waals surface area contributed by atoms with Crippen LogP contribution >= 0.6 is 12.1 Å². The molecule has 174 valence electrons. The number of hydrogen-bond donors (Lipinski definition) is 4. The Labute approximate surface area is 190 Å². The number of aliphatic carboxylic acids is 1. The fourth-order valence-electron chi connectivity index (χ4n) is 3.83. The lowest BCUT2D eigenvalue weighted by molar-refractivity contribution is -0.192. The van der Waals surface area contributed by atoms with E-state index in [2.05, 4.69) is 43.6 Å². The summed E-state index contributed by atoms with van der Waals surface area (Å²) in [7, 11) is 1.44. The number of carboxylic acid groups (broad SMARTS) is 1. The number of ether oxygens (including phenoxy) is 1. The molecule has 3 aliphatic rings. The topological polar surface area (TPSA) is 107 Å². The number of hydrogen-bond acceptors (Lipinski definition) is 7. The van der Waals surface area contributed by atoms with Gasteiger partial charge in [0.2, 0.25) is 0 Å². The highest BCUT2D eigenvalue weighted by Gasteiger charge is 2.38. The predicted molar refractivity (Wildman–Crippen MR) is 115 cm³/mol. The standard InChI is InChI=1S/C19H18N4O2S.C2HF3O2/c1-25-19(24)16-9-14-13-4-2-3-5-15(13)21-18(14)17(22-16)11-6-7-23-12(8-11)10-20-26-23;3-2(4,5)1(6)7/h2-8,10,16-17,20-22H,9H2,1H3;(H,6,7)/t16-,17-;/m1./s1. The molecule has 3 aliphatic heterocycles. The van der Waals surface area contributed by atoms with Gasteiger partial charge in [-0.15, -0.1) is 0 Å². The van der Waals surface area contributed by atoms with Crippen LogP contribution in [0.25, 0.3) is 10.9 Å². The van der Waals surface area contributed by atoms with Crippen molar-refractivity contribution in [3.05, 3.63) is 71.3 Å². The Bertz CT molecular complexity index is 1190. The molecular formula is C21H19F3N4O4S. The van der Waals surface area contributed by atoms with Gasteiger partial charge in [0.1, 0.15) is 6.04 Å². The summed E-state index contributed by atoms with van der Waals surface area (Å²) in [4.78, 5) is 24.7. The van der Waals surface area contributed by atoms with Gasteiger partial charge in [0.25, 0.3) is 0 Å². The van der Waals surface area contributed by atoms with Gasteiger partial charge in [-0.2, -0.15) is 13.2 Å². The molecule has 0 unspecified atom stereocenters. The molecule has 5 rings (SSSR count). The molecule has 0 bridgehead atoms. The number of nitrogens with one attached hydrogen (secondary N) is 3. The minimum Gasteiger partial charge on any atom is -0.475 e. The van der Waals surface area contributed by atoms with Crippen LogP contribution in [0.1, 0.15) is 17.3 Å². The van der Waals surface area contributed by atoms with E-state index in [0.717, 1.165) is 22.5 Å². The molecule has 0 aliphatic carbocycles. The van der Waals surface area contributed by atoms with Crippen molar-refractivity contribution in [1.29, 1.82) is 0 Å². The molecule has 4 heterocycles. The highest BCUT2D eigenvalue weighted by atomic mass is 32.2. The lowest BCUT2D eigenvalue weighted by Crippen LogP contribution is -2.45. The number of para-hydroxylation sites is 1. The minimum absolute atomic E-state index is 0.0971. The van der Waals surface area contributed by atoms with Gasteiger partial charge >= 0.3 is 18.1 Å². The van der Waals surface area contributed by atoms with Crippen LogP contribution in [0.5, 0.6) is 0 Å². The van der Waals surface area contributed by atoms with Gasteiger partial charge in [-0.05, 0) is 29.4 Å². The summed E-state index contributed by atoms with van der Waals surface area (Å²) in [5.41, 5.74) is 5.60. The summed E-state index contributed by atoms with van der Waals surface area (Å²) < 4.78 is 42.0. The number of rotatable bonds is 2. The number of allylic oxidation sites excluding steroid dienone is 1. The molecule has 0 amide bonds. The molecule has 2 aromatic rings. The van der Waals surface area contributed by atoms with E-state index < -0.39 is 12.1 Å². The summed E-state index contributed by atoms with van der Waals surface area (Å²) >= 11 is 1.53. The molecule has 0 spiro atoms. The first kappa shape index (κ1) is 22.8. The number of alkyl halides is 3. The Morgan fingerprint density at radius 3 is 2.70 bits per heavy atom. The number of H-pyrrole nitrogens is 1. The number of carbonyl (C=O) groups excluding carboxylic acids is 1. The van der Waals surface area contributed by atoms with Crippen LogP contribution in [0.4, 0.5) is 13.2 Å². The highest BCUT2D eigenvalue weighted by Crippen LogP contribution is 2.38. The molecule has 2 atom stereocenters. The highest BCUT2D eigenvalue weighted by molar-refractivity contribution is 7.95. The van der Waals surface area contributed by atoms with E-state index in [0.29, 0.717) is 6.42 Å². The number of halogens is 3. The lowest BCUT2D eigenvalue weighted by Gasteiger charge is -2.32. The maximum absolute atomic E-state index is 12.3.